The predicted octanol–water partition coefficient (Wildman–Crippen LogP) is 2.36. The zero-order chi connectivity index (χ0) is 25.1. The Hall–Kier alpha value is -4.02. The van der Waals surface area contributed by atoms with Crippen LogP contribution in [0.25, 0.3) is 0 Å². The van der Waals surface area contributed by atoms with E-state index in [9.17, 15) is 9.59 Å². The largest absolute Gasteiger partial charge is 0.364 e. The van der Waals surface area contributed by atoms with E-state index in [2.05, 4.69) is 44.8 Å². The highest BCUT2D eigenvalue weighted by atomic mass is 16.2. The van der Waals surface area contributed by atoms with Crippen LogP contribution in [0.2, 0.25) is 0 Å². The summed E-state index contributed by atoms with van der Waals surface area (Å²) in [5.41, 5.74) is 7.89. The lowest BCUT2D eigenvalue weighted by molar-refractivity contribution is 0.0923. The predicted molar refractivity (Wildman–Crippen MR) is 133 cm³/mol. The summed E-state index contributed by atoms with van der Waals surface area (Å²) in [5.74, 6) is 0.128. The van der Waals surface area contributed by atoms with Crippen LogP contribution in [-0.4, -0.2) is 55.4 Å². The average molecular weight is 478 g/mol. The van der Waals surface area contributed by atoms with Gasteiger partial charge in [-0.25, -0.2) is 0 Å². The SMILES string of the molecule is CC(C)c1ccc(C(=O)N[C@@H]2CCCN(c3nnc(C(N)=O)c(Nc4cnn(C)c4)n3)[C@@H]2C)cc1. The molecule has 4 rings (SSSR count). The first-order valence-electron chi connectivity index (χ1n) is 11.7. The van der Waals surface area contributed by atoms with Crippen molar-refractivity contribution in [2.24, 2.45) is 12.8 Å². The fourth-order valence-electron chi connectivity index (χ4n) is 4.20. The molecule has 1 aliphatic heterocycles. The van der Waals surface area contributed by atoms with Crippen molar-refractivity contribution in [3.63, 3.8) is 0 Å². The van der Waals surface area contributed by atoms with Crippen molar-refractivity contribution in [1.29, 1.82) is 0 Å². The number of nitrogens with zero attached hydrogens (tertiary/aromatic N) is 6. The van der Waals surface area contributed by atoms with Gasteiger partial charge in [-0.05, 0) is 43.4 Å². The standard InChI is InChI=1S/C24H31N9O2/c1-14(2)16-7-9-17(10-8-16)23(35)28-19-6-5-11-33(15(19)3)24-29-22(20(21(25)34)30-31-24)27-18-12-26-32(4)13-18/h7-10,12-15,19H,5-6,11H2,1-4H3,(H2,25,34)(H,28,35)(H,27,29,31)/t15-,19-/m1/s1. The average Bonchev–Trinajstić information content (AvgIpc) is 3.24. The molecule has 0 radical (unpaired) electrons. The van der Waals surface area contributed by atoms with E-state index in [4.69, 9.17) is 5.73 Å². The maximum Gasteiger partial charge on any atom is 0.273 e. The van der Waals surface area contributed by atoms with Gasteiger partial charge in [0.25, 0.3) is 11.8 Å². The normalized spacial score (nSPS) is 17.9. The van der Waals surface area contributed by atoms with E-state index in [0.29, 0.717) is 29.7 Å². The molecule has 35 heavy (non-hydrogen) atoms. The number of carbonyl (C=O) groups is 2. The van der Waals surface area contributed by atoms with Crippen molar-refractivity contribution in [3.8, 4) is 0 Å². The number of benzene rings is 1. The Bertz CT molecular complexity index is 1210. The third kappa shape index (κ3) is 5.39. The number of carbonyl (C=O) groups excluding carboxylic acids is 2. The number of hydrogen-bond donors (Lipinski definition) is 3. The monoisotopic (exact) mass is 477 g/mol. The number of rotatable bonds is 7. The molecular weight excluding hydrogens is 446 g/mol. The summed E-state index contributed by atoms with van der Waals surface area (Å²) in [6.45, 7) is 6.96. The lowest BCUT2D eigenvalue weighted by Gasteiger charge is -2.39. The minimum absolute atomic E-state index is 0.0584. The second-order valence-electron chi connectivity index (χ2n) is 9.13. The summed E-state index contributed by atoms with van der Waals surface area (Å²) in [7, 11) is 1.78. The summed E-state index contributed by atoms with van der Waals surface area (Å²) in [6, 6.07) is 7.52. The highest BCUT2D eigenvalue weighted by molar-refractivity contribution is 5.96. The lowest BCUT2D eigenvalue weighted by Crippen LogP contribution is -2.54. The van der Waals surface area contributed by atoms with Crippen LogP contribution in [0, 0.1) is 0 Å². The highest BCUT2D eigenvalue weighted by Crippen LogP contribution is 2.25. The van der Waals surface area contributed by atoms with Crippen LogP contribution in [-0.2, 0) is 7.05 Å². The topological polar surface area (TPSA) is 144 Å². The van der Waals surface area contributed by atoms with E-state index >= 15 is 0 Å². The summed E-state index contributed by atoms with van der Waals surface area (Å²) in [5, 5.41) is 18.5. The summed E-state index contributed by atoms with van der Waals surface area (Å²) >= 11 is 0. The Morgan fingerprint density at radius 3 is 2.54 bits per heavy atom. The van der Waals surface area contributed by atoms with Crippen LogP contribution in [0.1, 0.15) is 65.9 Å². The van der Waals surface area contributed by atoms with Gasteiger partial charge in [0, 0.05) is 37.4 Å². The fraction of sp³-hybridized carbons (Fsp3) is 0.417. The molecule has 0 saturated carbocycles. The Kier molecular flexibility index (Phi) is 6.94. The van der Waals surface area contributed by atoms with Crippen molar-refractivity contribution < 1.29 is 9.59 Å². The first kappa shape index (κ1) is 24.1. The molecule has 3 heterocycles. The molecule has 0 aliphatic carbocycles. The molecule has 11 nitrogen and oxygen atoms in total. The molecule has 0 bridgehead atoms. The van der Waals surface area contributed by atoms with Gasteiger partial charge >= 0.3 is 0 Å². The van der Waals surface area contributed by atoms with Gasteiger partial charge in [0.2, 0.25) is 5.95 Å². The number of nitrogens with two attached hydrogens (primary N) is 1. The number of primary amides is 1. The number of hydrogen-bond acceptors (Lipinski definition) is 8. The molecule has 184 valence electrons. The van der Waals surface area contributed by atoms with Crippen LogP contribution < -0.4 is 21.3 Å². The van der Waals surface area contributed by atoms with E-state index < -0.39 is 5.91 Å². The number of piperidine rings is 1. The van der Waals surface area contributed by atoms with Crippen molar-refractivity contribution in [3.05, 3.63) is 53.5 Å². The minimum Gasteiger partial charge on any atom is -0.364 e. The van der Waals surface area contributed by atoms with E-state index in [1.54, 1.807) is 24.1 Å². The maximum atomic E-state index is 12.9. The molecule has 2 amide bonds. The summed E-state index contributed by atoms with van der Waals surface area (Å²) in [6.07, 6.45) is 5.03. The van der Waals surface area contributed by atoms with E-state index in [-0.39, 0.29) is 29.5 Å². The van der Waals surface area contributed by atoms with Gasteiger partial charge in [-0.2, -0.15) is 10.1 Å². The number of anilines is 3. The molecule has 1 saturated heterocycles. The number of amides is 2. The molecule has 3 aromatic rings. The Morgan fingerprint density at radius 1 is 1.17 bits per heavy atom. The zero-order valence-electron chi connectivity index (χ0n) is 20.4. The minimum atomic E-state index is -0.733. The molecule has 1 fully saturated rings. The van der Waals surface area contributed by atoms with Gasteiger partial charge in [-0.1, -0.05) is 26.0 Å². The Morgan fingerprint density at radius 2 is 1.91 bits per heavy atom. The number of aromatic nitrogens is 5. The molecule has 2 aromatic heterocycles. The summed E-state index contributed by atoms with van der Waals surface area (Å²) < 4.78 is 1.62. The molecule has 4 N–H and O–H groups in total. The Labute approximate surface area is 204 Å². The van der Waals surface area contributed by atoms with Crippen LogP contribution in [0.5, 0.6) is 0 Å². The van der Waals surface area contributed by atoms with Gasteiger partial charge < -0.3 is 21.3 Å². The van der Waals surface area contributed by atoms with E-state index in [1.807, 2.05) is 36.1 Å². The maximum absolute atomic E-state index is 12.9. The van der Waals surface area contributed by atoms with E-state index in [1.165, 1.54) is 5.56 Å². The van der Waals surface area contributed by atoms with Crippen LogP contribution in [0.15, 0.2) is 36.7 Å². The van der Waals surface area contributed by atoms with Crippen LogP contribution >= 0.6 is 0 Å². The van der Waals surface area contributed by atoms with Gasteiger partial charge in [0.15, 0.2) is 11.5 Å². The van der Waals surface area contributed by atoms with Crippen molar-refractivity contribution in [2.45, 2.75) is 51.6 Å². The third-order valence-electron chi connectivity index (χ3n) is 6.28. The van der Waals surface area contributed by atoms with Crippen molar-refractivity contribution in [2.75, 3.05) is 16.8 Å². The molecule has 0 spiro atoms. The van der Waals surface area contributed by atoms with Gasteiger partial charge in [0.05, 0.1) is 11.9 Å². The molecule has 11 heteroatoms. The van der Waals surface area contributed by atoms with Crippen molar-refractivity contribution >= 4 is 29.3 Å². The highest BCUT2D eigenvalue weighted by Gasteiger charge is 2.32. The quantitative estimate of drug-likeness (QED) is 0.470. The van der Waals surface area contributed by atoms with Gasteiger partial charge in [0.1, 0.15) is 0 Å². The number of nitrogens with one attached hydrogen (secondary N) is 2. The Balaban J connectivity index is 1.52. The molecule has 1 aliphatic rings. The zero-order valence-corrected chi connectivity index (χ0v) is 20.4. The molecular formula is C24H31N9O2. The first-order chi connectivity index (χ1) is 16.7. The molecule has 0 unspecified atom stereocenters. The van der Waals surface area contributed by atoms with Gasteiger partial charge in [-0.3, -0.25) is 14.3 Å². The van der Waals surface area contributed by atoms with Gasteiger partial charge in [-0.15, -0.1) is 10.2 Å². The fourth-order valence-corrected chi connectivity index (χ4v) is 4.20. The van der Waals surface area contributed by atoms with E-state index in [0.717, 1.165) is 12.8 Å². The van der Waals surface area contributed by atoms with Crippen molar-refractivity contribution in [1.82, 2.24) is 30.3 Å². The third-order valence-corrected chi connectivity index (χ3v) is 6.28. The number of aryl methyl sites for hydroxylation is 1. The lowest BCUT2D eigenvalue weighted by atomic mass is 9.97. The van der Waals surface area contributed by atoms with Crippen LogP contribution in [0.3, 0.4) is 0 Å². The second kappa shape index (κ2) is 10.1. The smallest absolute Gasteiger partial charge is 0.273 e. The second-order valence-corrected chi connectivity index (χ2v) is 9.13. The summed E-state index contributed by atoms with van der Waals surface area (Å²) in [4.78, 5) is 31.4. The molecule has 2 atom stereocenters. The molecule has 1 aromatic carbocycles. The van der Waals surface area contributed by atoms with Crippen LogP contribution in [0.4, 0.5) is 17.5 Å². The first-order valence-corrected chi connectivity index (χ1v) is 11.7.